The Balaban J connectivity index is -0.0000000267. The minimum Gasteiger partial charge on any atom is -0.0683 e. The third-order valence-electron chi connectivity index (χ3n) is 0. The van der Waals surface area contributed by atoms with Crippen molar-refractivity contribution in [1.29, 1.82) is 0 Å². The summed E-state index contributed by atoms with van der Waals surface area (Å²) in [4.78, 5) is 0. The highest BCUT2D eigenvalue weighted by Gasteiger charge is 1.35. The van der Waals surface area contributed by atoms with Gasteiger partial charge in [0.15, 0.2) is 0 Å². The minimum atomic E-state index is 0. The standard InChI is InChI=1S/C3H8.3C2H6.H2/c1-3-2;3*1-2;/h3H2,1-2H3;3*1-2H3;1H/i1D,2D;2*1D;;1+1. The summed E-state index contributed by atoms with van der Waals surface area (Å²) in [6.07, 6.45) is 0.722. The summed E-state index contributed by atoms with van der Waals surface area (Å²) in [6, 6.07) is 0. The lowest BCUT2D eigenvalue weighted by atomic mass is 10.6. The van der Waals surface area contributed by atoms with E-state index in [9.17, 15) is 0 Å². The fourth-order valence-electron chi connectivity index (χ4n) is 0. The molecule has 0 aliphatic heterocycles. The second-order valence-electron chi connectivity index (χ2n) is 0.354. The van der Waals surface area contributed by atoms with E-state index in [4.69, 9.17) is 5.48 Å². The van der Waals surface area contributed by atoms with Gasteiger partial charge in [-0.3, -0.25) is 0 Å². The van der Waals surface area contributed by atoms with E-state index in [1.807, 2.05) is 13.8 Å². The highest BCUT2D eigenvalue weighted by atomic mass is 13.4. The average Bonchev–Trinajstić information content (AvgIpc) is 2.12. The third kappa shape index (κ3) is 0. The van der Waals surface area contributed by atoms with Gasteiger partial charge in [0.1, 0.15) is 0 Å². The quantitative estimate of drug-likeness (QED) is 0.457. The molecular formula is C9H28. The summed E-state index contributed by atoms with van der Waals surface area (Å²) in [6.45, 7) is 9.40. The van der Waals surface area contributed by atoms with Crippen molar-refractivity contribution >= 4 is 0 Å². The first-order chi connectivity index (χ1) is 6.24. The van der Waals surface area contributed by atoms with E-state index in [2.05, 4.69) is 0 Å². The highest BCUT2D eigenvalue weighted by Crippen LogP contribution is 1.56. The van der Waals surface area contributed by atoms with E-state index in [0.29, 0.717) is 27.6 Å². The van der Waals surface area contributed by atoms with E-state index >= 15 is 0 Å². The fraction of sp³-hybridized carbons (Fsp3) is 1.00. The largest absolute Gasteiger partial charge is 0.0683 e. The fourth-order valence-corrected chi connectivity index (χ4v) is 0. The molecule has 0 unspecified atom stereocenters. The van der Waals surface area contributed by atoms with Crippen LogP contribution in [0.25, 0.3) is 0 Å². The summed E-state index contributed by atoms with van der Waals surface area (Å²) >= 11 is 0. The molecule has 0 atom stereocenters. The molecule has 0 spiro atoms. The van der Waals surface area contributed by atoms with Gasteiger partial charge in [0.2, 0.25) is 0 Å². The zero-order valence-corrected chi connectivity index (χ0v) is 7.54. The zero-order chi connectivity index (χ0) is 11.5. The second kappa shape index (κ2) is 392. The van der Waals surface area contributed by atoms with E-state index < -0.39 is 0 Å². The van der Waals surface area contributed by atoms with Crippen molar-refractivity contribution in [3.05, 3.63) is 0 Å². The summed E-state index contributed by atoms with van der Waals surface area (Å²) in [5, 5.41) is 0. The van der Waals surface area contributed by atoms with Crippen molar-refractivity contribution in [2.45, 2.75) is 61.7 Å². The monoisotopic (exact) mass is 141 g/mol. The maximum absolute atomic E-state index is 6.48. The van der Waals surface area contributed by atoms with Crippen molar-refractivity contribution in [1.82, 2.24) is 0 Å². The maximum Gasteiger partial charge on any atom is 0.0230 e. The Kier molecular flexibility index (Phi) is 310. The first-order valence-electron chi connectivity index (χ1n) is 6.24. The van der Waals surface area contributed by atoms with Crippen LogP contribution in [0.2, 0.25) is 0 Å². The van der Waals surface area contributed by atoms with Crippen LogP contribution in [-0.2, 0) is 0 Å². The van der Waals surface area contributed by atoms with Gasteiger partial charge in [0.25, 0.3) is 0 Å². The van der Waals surface area contributed by atoms with Crippen molar-refractivity contribution in [2.75, 3.05) is 0 Å². The van der Waals surface area contributed by atoms with Crippen molar-refractivity contribution in [3.8, 4) is 0 Å². The van der Waals surface area contributed by atoms with Crippen LogP contribution in [0.4, 0.5) is 0 Å². The van der Waals surface area contributed by atoms with Crippen LogP contribution in [0.3, 0.4) is 0 Å². The molecule has 0 nitrogen and oxygen atoms in total. The summed E-state index contributed by atoms with van der Waals surface area (Å²) in [7, 11) is 0. The van der Waals surface area contributed by atoms with Crippen LogP contribution >= 0.6 is 0 Å². The van der Waals surface area contributed by atoms with Gasteiger partial charge in [0.05, 0.1) is 0 Å². The predicted octanol–water partition coefficient (Wildman–Crippen LogP) is 4.74. The van der Waals surface area contributed by atoms with Crippen molar-refractivity contribution in [3.63, 3.8) is 0 Å². The summed E-state index contributed by atoms with van der Waals surface area (Å²) in [5.41, 5.74) is 0. The van der Waals surface area contributed by atoms with Gasteiger partial charge < -0.3 is 0 Å². The van der Waals surface area contributed by atoms with Crippen LogP contribution in [0.1, 0.15) is 68.6 Å². The molecule has 0 radical (unpaired) electrons. The Labute approximate surface area is 69.8 Å². The Bertz CT molecular complexity index is 32.4. The van der Waals surface area contributed by atoms with E-state index in [-0.39, 0.29) is 1.43 Å². The molecule has 0 aromatic rings. The first kappa shape index (κ1) is 7.11. The molecule has 64 valence electrons. The van der Waals surface area contributed by atoms with Crippen molar-refractivity contribution < 1.29 is 6.91 Å². The van der Waals surface area contributed by atoms with E-state index in [1.165, 1.54) is 0 Å². The van der Waals surface area contributed by atoms with Crippen molar-refractivity contribution in [2.24, 2.45) is 0 Å². The Morgan fingerprint density at radius 3 is 1.22 bits per heavy atom. The Hall–Kier alpha value is 0. The van der Waals surface area contributed by atoms with Gasteiger partial charge in [0, 0.05) is 6.91 Å². The second-order valence-corrected chi connectivity index (χ2v) is 0.354. The lowest BCUT2D eigenvalue weighted by molar-refractivity contribution is 1.09. The molecule has 0 fully saturated rings. The van der Waals surface area contributed by atoms with Gasteiger partial charge in [-0.1, -0.05) is 61.7 Å². The van der Waals surface area contributed by atoms with Gasteiger partial charge in [-0.05, 0) is 0 Å². The Morgan fingerprint density at radius 2 is 1.22 bits per heavy atom. The molecule has 0 bridgehead atoms. The number of rotatable bonds is 0. The van der Waals surface area contributed by atoms with E-state index in [1.54, 1.807) is 13.8 Å². The number of hydrogen-bond donors (Lipinski definition) is 0. The van der Waals surface area contributed by atoms with Gasteiger partial charge in [-0.15, -0.1) is 0 Å². The SMILES string of the molecule is CC.[2HH].[2H]CC.[2H]CC.[2H]CCC[2H]. The summed E-state index contributed by atoms with van der Waals surface area (Å²) < 4.78 is 25.4. The molecule has 0 heteroatoms. The molecule has 0 amide bonds. The molecule has 0 N–H and O–H groups in total. The van der Waals surface area contributed by atoms with E-state index in [0.717, 1.165) is 6.42 Å². The molecule has 0 rings (SSSR count). The van der Waals surface area contributed by atoms with Gasteiger partial charge in [-0.2, -0.15) is 0 Å². The third-order valence-corrected chi connectivity index (χ3v) is 0. The molecule has 0 heterocycles. The van der Waals surface area contributed by atoms with Crippen LogP contribution in [0.15, 0.2) is 0 Å². The average molecular weight is 141 g/mol. The molecule has 9 heavy (non-hydrogen) atoms. The van der Waals surface area contributed by atoms with Gasteiger partial charge in [-0.25, -0.2) is 0 Å². The van der Waals surface area contributed by atoms with Crippen LogP contribution in [0.5, 0.6) is 0 Å². The summed E-state index contributed by atoms with van der Waals surface area (Å²) in [5.74, 6) is 0. The lowest BCUT2D eigenvalue weighted by Gasteiger charge is -1.48. The maximum atomic E-state index is 6.48. The minimum absolute atomic E-state index is 0. The molecule has 0 saturated heterocycles. The zero-order valence-electron chi connectivity index (χ0n) is 11.5. The molecule has 0 aliphatic rings. The topological polar surface area (TPSA) is 0 Å². The predicted molar refractivity (Wildman–Crippen MR) is 52.1 cm³/mol. The molecule has 0 aromatic carbocycles. The number of hydrogen-bond acceptors (Lipinski definition) is 0. The molecule has 0 aromatic heterocycles. The normalized spacial score (nSPS) is 9.78. The van der Waals surface area contributed by atoms with Crippen LogP contribution < -0.4 is 0 Å². The van der Waals surface area contributed by atoms with Gasteiger partial charge >= 0.3 is 0 Å². The first-order valence-corrected chi connectivity index (χ1v) is 3.41. The van der Waals surface area contributed by atoms with Crippen LogP contribution in [-0.4, -0.2) is 0 Å². The molecule has 0 aliphatic carbocycles. The smallest absolute Gasteiger partial charge is 0.0230 e. The molecule has 0 saturated carbocycles. The Morgan fingerprint density at radius 1 is 1.00 bits per heavy atom. The highest BCUT2D eigenvalue weighted by molar-refractivity contribution is 3.92. The molecular weight excluding hydrogens is 108 g/mol. The lowest BCUT2D eigenvalue weighted by Crippen LogP contribution is -1.27. The van der Waals surface area contributed by atoms with Crippen LogP contribution in [0, 0.1) is 0 Å².